The van der Waals surface area contributed by atoms with Crippen LogP contribution in [0.5, 0.6) is 0 Å². The van der Waals surface area contributed by atoms with Gasteiger partial charge in [-0.25, -0.2) is 9.97 Å². The van der Waals surface area contributed by atoms with E-state index in [2.05, 4.69) is 25.9 Å². The second-order valence-electron chi connectivity index (χ2n) is 6.89. The summed E-state index contributed by atoms with van der Waals surface area (Å²) in [5.41, 5.74) is 1.10. The fourth-order valence-corrected chi connectivity index (χ4v) is 3.34. The lowest BCUT2D eigenvalue weighted by Gasteiger charge is -2.17. The van der Waals surface area contributed by atoms with Gasteiger partial charge in [0.25, 0.3) is 0 Å². The van der Waals surface area contributed by atoms with Gasteiger partial charge in [-0.2, -0.15) is 0 Å². The zero-order valence-electron chi connectivity index (χ0n) is 15.8. The zero-order chi connectivity index (χ0) is 19.9. The first-order valence-electron chi connectivity index (χ1n) is 9.43. The van der Waals surface area contributed by atoms with E-state index in [0.717, 1.165) is 25.7 Å². The molecule has 0 bridgehead atoms. The molecule has 1 fully saturated rings. The number of benzene rings is 1. The lowest BCUT2D eigenvalue weighted by molar-refractivity contribution is -0.383. The van der Waals surface area contributed by atoms with E-state index in [1.807, 2.05) is 0 Å². The lowest BCUT2D eigenvalue weighted by atomic mass is 10.1. The quantitative estimate of drug-likeness (QED) is 0.387. The third-order valence-electron chi connectivity index (χ3n) is 4.67. The van der Waals surface area contributed by atoms with Crippen LogP contribution in [0.3, 0.4) is 0 Å². The molecule has 9 heteroatoms. The van der Waals surface area contributed by atoms with Crippen molar-refractivity contribution in [1.82, 2.24) is 9.97 Å². The Hall–Kier alpha value is -3.23. The molecule has 0 unspecified atom stereocenters. The molecule has 0 radical (unpaired) electrons. The normalized spacial score (nSPS) is 14.8. The second kappa shape index (κ2) is 9.12. The SMILES string of the molecule is CC(=O)Nc1ccc(Nc2ncnc(NC3CCCCCC3)c2[N+](=O)[O-])cc1. The highest BCUT2D eigenvalue weighted by atomic mass is 16.6. The number of amides is 1. The third-order valence-corrected chi connectivity index (χ3v) is 4.67. The summed E-state index contributed by atoms with van der Waals surface area (Å²) >= 11 is 0. The average molecular weight is 384 g/mol. The Balaban J connectivity index is 1.80. The van der Waals surface area contributed by atoms with E-state index in [0.29, 0.717) is 11.4 Å². The Labute approximate surface area is 163 Å². The van der Waals surface area contributed by atoms with Crippen LogP contribution in [0, 0.1) is 10.1 Å². The van der Waals surface area contributed by atoms with Gasteiger partial charge in [0.15, 0.2) is 0 Å². The smallest absolute Gasteiger partial charge is 0.353 e. The van der Waals surface area contributed by atoms with Gasteiger partial charge in [0.1, 0.15) is 6.33 Å². The Morgan fingerprint density at radius 3 is 2.25 bits per heavy atom. The van der Waals surface area contributed by atoms with Crippen molar-refractivity contribution >= 4 is 34.6 Å². The van der Waals surface area contributed by atoms with E-state index in [9.17, 15) is 14.9 Å². The van der Waals surface area contributed by atoms with Crippen molar-refractivity contribution in [2.45, 2.75) is 51.5 Å². The lowest BCUT2D eigenvalue weighted by Crippen LogP contribution is -2.20. The third kappa shape index (κ3) is 5.15. The monoisotopic (exact) mass is 384 g/mol. The first kappa shape index (κ1) is 19.5. The molecule has 1 amide bonds. The van der Waals surface area contributed by atoms with Crippen molar-refractivity contribution < 1.29 is 9.72 Å². The first-order valence-corrected chi connectivity index (χ1v) is 9.43. The van der Waals surface area contributed by atoms with Crippen LogP contribution in [-0.4, -0.2) is 26.8 Å². The number of nitrogens with zero attached hydrogens (tertiary/aromatic N) is 3. The Morgan fingerprint density at radius 1 is 1.04 bits per heavy atom. The molecular weight excluding hydrogens is 360 g/mol. The molecule has 0 saturated heterocycles. The summed E-state index contributed by atoms with van der Waals surface area (Å²) in [6, 6.07) is 7.04. The van der Waals surface area contributed by atoms with Crippen LogP contribution in [0.15, 0.2) is 30.6 Å². The highest BCUT2D eigenvalue weighted by Crippen LogP contribution is 2.33. The molecule has 3 N–H and O–H groups in total. The van der Waals surface area contributed by atoms with E-state index in [4.69, 9.17) is 0 Å². The van der Waals surface area contributed by atoms with Gasteiger partial charge < -0.3 is 16.0 Å². The van der Waals surface area contributed by atoms with Crippen molar-refractivity contribution in [2.24, 2.45) is 0 Å². The van der Waals surface area contributed by atoms with E-state index >= 15 is 0 Å². The molecule has 1 aliphatic rings. The van der Waals surface area contributed by atoms with Crippen LogP contribution in [0.2, 0.25) is 0 Å². The van der Waals surface area contributed by atoms with Crippen molar-refractivity contribution in [3.8, 4) is 0 Å². The maximum absolute atomic E-state index is 11.7. The largest absolute Gasteiger partial charge is 0.361 e. The molecule has 1 aliphatic carbocycles. The van der Waals surface area contributed by atoms with Gasteiger partial charge in [0.05, 0.1) is 4.92 Å². The standard InChI is InChI=1S/C19H24N6O3/c1-13(26)22-15-8-10-16(11-9-15)24-19-17(25(27)28)18(20-12-21-19)23-14-6-4-2-3-5-7-14/h8-12,14H,2-7H2,1H3,(H,22,26)(H2,20,21,23,24). The average Bonchev–Trinajstić information content (AvgIpc) is 2.91. The number of carbonyl (C=O) groups excluding carboxylic acids is 1. The fraction of sp³-hybridized carbons (Fsp3) is 0.421. The highest BCUT2D eigenvalue weighted by molar-refractivity contribution is 5.89. The molecule has 28 heavy (non-hydrogen) atoms. The molecule has 3 rings (SSSR count). The molecule has 1 saturated carbocycles. The van der Waals surface area contributed by atoms with Crippen LogP contribution in [0.25, 0.3) is 0 Å². The molecule has 9 nitrogen and oxygen atoms in total. The van der Waals surface area contributed by atoms with Crippen molar-refractivity contribution in [3.63, 3.8) is 0 Å². The highest BCUT2D eigenvalue weighted by Gasteiger charge is 2.25. The molecule has 1 aromatic heterocycles. The molecule has 1 heterocycles. The number of anilines is 4. The molecule has 1 aromatic carbocycles. The number of carbonyl (C=O) groups is 1. The maximum Gasteiger partial charge on any atom is 0.353 e. The number of nitro groups is 1. The first-order chi connectivity index (χ1) is 13.5. The molecule has 0 aliphatic heterocycles. The number of hydrogen-bond acceptors (Lipinski definition) is 7. The predicted molar refractivity (Wildman–Crippen MR) is 108 cm³/mol. The van der Waals surface area contributed by atoms with Crippen LogP contribution >= 0.6 is 0 Å². The molecule has 0 spiro atoms. The van der Waals surface area contributed by atoms with E-state index in [1.165, 1.54) is 26.1 Å². The number of rotatable bonds is 6. The second-order valence-corrected chi connectivity index (χ2v) is 6.89. The Kier molecular flexibility index (Phi) is 6.36. The molecule has 2 aromatic rings. The van der Waals surface area contributed by atoms with Crippen molar-refractivity contribution in [2.75, 3.05) is 16.0 Å². The zero-order valence-corrected chi connectivity index (χ0v) is 15.8. The predicted octanol–water partition coefficient (Wildman–Crippen LogP) is 4.22. The fourth-order valence-electron chi connectivity index (χ4n) is 3.34. The van der Waals surface area contributed by atoms with Gasteiger partial charge >= 0.3 is 5.69 Å². The number of nitrogens with one attached hydrogen (secondary N) is 3. The summed E-state index contributed by atoms with van der Waals surface area (Å²) in [5.74, 6) is 0.203. The Bertz CT molecular complexity index is 832. The minimum atomic E-state index is -0.465. The molecule has 148 valence electrons. The Morgan fingerprint density at radius 2 is 1.64 bits per heavy atom. The van der Waals surface area contributed by atoms with Gasteiger partial charge in [-0.3, -0.25) is 14.9 Å². The topological polar surface area (TPSA) is 122 Å². The van der Waals surface area contributed by atoms with Crippen LogP contribution in [0.4, 0.5) is 28.7 Å². The summed E-state index contributed by atoms with van der Waals surface area (Å²) in [6.45, 7) is 1.43. The van der Waals surface area contributed by atoms with Crippen LogP contribution < -0.4 is 16.0 Å². The van der Waals surface area contributed by atoms with Crippen molar-refractivity contribution in [3.05, 3.63) is 40.7 Å². The van der Waals surface area contributed by atoms with Gasteiger partial charge in [-0.05, 0) is 37.1 Å². The van der Waals surface area contributed by atoms with Crippen LogP contribution in [0.1, 0.15) is 45.4 Å². The molecular formula is C19H24N6O3. The van der Waals surface area contributed by atoms with Gasteiger partial charge in [-0.15, -0.1) is 0 Å². The number of aromatic nitrogens is 2. The van der Waals surface area contributed by atoms with Crippen molar-refractivity contribution in [1.29, 1.82) is 0 Å². The maximum atomic E-state index is 11.7. The van der Waals surface area contributed by atoms with Gasteiger partial charge in [0, 0.05) is 24.3 Å². The van der Waals surface area contributed by atoms with E-state index in [-0.39, 0.29) is 29.3 Å². The minimum absolute atomic E-state index is 0.128. The van der Waals surface area contributed by atoms with Crippen LogP contribution in [-0.2, 0) is 4.79 Å². The number of hydrogen-bond donors (Lipinski definition) is 3. The summed E-state index contributed by atoms with van der Waals surface area (Å²) in [5, 5.41) is 20.6. The van der Waals surface area contributed by atoms with Gasteiger partial charge in [-0.1, -0.05) is 25.7 Å². The summed E-state index contributed by atoms with van der Waals surface area (Å²) in [4.78, 5) is 30.5. The van der Waals surface area contributed by atoms with E-state index < -0.39 is 4.92 Å². The summed E-state index contributed by atoms with van der Waals surface area (Å²) in [7, 11) is 0. The summed E-state index contributed by atoms with van der Waals surface area (Å²) in [6.07, 6.45) is 7.91. The minimum Gasteiger partial charge on any atom is -0.361 e. The summed E-state index contributed by atoms with van der Waals surface area (Å²) < 4.78 is 0. The molecule has 0 atom stereocenters. The van der Waals surface area contributed by atoms with E-state index in [1.54, 1.807) is 24.3 Å². The van der Waals surface area contributed by atoms with Gasteiger partial charge in [0.2, 0.25) is 17.5 Å².